The predicted molar refractivity (Wildman–Crippen MR) is 97.3 cm³/mol. The highest BCUT2D eigenvalue weighted by molar-refractivity contribution is 6.06. The number of hydrogen-bond acceptors (Lipinski definition) is 3. The standard InChI is InChI=1S/C20H16F3N3O2/c21-20(22,23)15-9-2-1-5-13(15)11-16(18(24)27)26-19(28)14-8-3-6-12-7-4-10-25-17(12)14/h1-10,16H,11H2,(H2,24,27)(H,26,28)/t16-/m0/s1. The van der Waals surface area contributed by atoms with Crippen molar-refractivity contribution in [2.45, 2.75) is 18.6 Å². The molecule has 0 aliphatic carbocycles. The minimum Gasteiger partial charge on any atom is -0.368 e. The van der Waals surface area contributed by atoms with Crippen molar-refractivity contribution in [3.05, 3.63) is 77.5 Å². The lowest BCUT2D eigenvalue weighted by atomic mass is 9.99. The van der Waals surface area contributed by atoms with Gasteiger partial charge in [-0.25, -0.2) is 0 Å². The Kier molecular flexibility index (Phi) is 5.30. The fourth-order valence-electron chi connectivity index (χ4n) is 2.94. The van der Waals surface area contributed by atoms with E-state index >= 15 is 0 Å². The molecule has 1 atom stereocenters. The van der Waals surface area contributed by atoms with Gasteiger partial charge in [-0.3, -0.25) is 14.6 Å². The SMILES string of the molecule is NC(=O)[C@H](Cc1ccccc1C(F)(F)F)NC(=O)c1cccc2cccnc12. The van der Waals surface area contributed by atoms with Gasteiger partial charge in [0.05, 0.1) is 16.6 Å². The normalized spacial score (nSPS) is 12.5. The maximum atomic E-state index is 13.2. The summed E-state index contributed by atoms with van der Waals surface area (Å²) in [6.45, 7) is 0. The highest BCUT2D eigenvalue weighted by Gasteiger charge is 2.34. The number of rotatable bonds is 5. The lowest BCUT2D eigenvalue weighted by molar-refractivity contribution is -0.138. The molecule has 2 aromatic carbocycles. The number of amides is 2. The molecule has 3 N–H and O–H groups in total. The second-order valence-corrected chi connectivity index (χ2v) is 6.17. The predicted octanol–water partition coefficient (Wildman–Crippen LogP) is 3.08. The lowest BCUT2D eigenvalue weighted by Gasteiger charge is -2.19. The molecule has 0 fully saturated rings. The molecule has 3 rings (SSSR count). The maximum Gasteiger partial charge on any atom is 0.416 e. The van der Waals surface area contributed by atoms with E-state index in [1.807, 2.05) is 0 Å². The summed E-state index contributed by atoms with van der Waals surface area (Å²) in [4.78, 5) is 28.6. The van der Waals surface area contributed by atoms with E-state index in [1.165, 1.54) is 30.5 Å². The largest absolute Gasteiger partial charge is 0.416 e. The Balaban J connectivity index is 1.89. The van der Waals surface area contributed by atoms with E-state index in [2.05, 4.69) is 10.3 Å². The number of pyridine rings is 1. The topological polar surface area (TPSA) is 85.1 Å². The van der Waals surface area contributed by atoms with Crippen LogP contribution in [0.3, 0.4) is 0 Å². The van der Waals surface area contributed by atoms with Gasteiger partial charge in [0.15, 0.2) is 0 Å². The molecule has 5 nitrogen and oxygen atoms in total. The van der Waals surface area contributed by atoms with E-state index in [9.17, 15) is 22.8 Å². The van der Waals surface area contributed by atoms with E-state index in [0.29, 0.717) is 10.9 Å². The van der Waals surface area contributed by atoms with Crippen LogP contribution in [0.25, 0.3) is 10.9 Å². The molecule has 0 saturated heterocycles. The molecule has 0 radical (unpaired) electrons. The fourth-order valence-corrected chi connectivity index (χ4v) is 2.94. The van der Waals surface area contributed by atoms with Crippen molar-refractivity contribution >= 4 is 22.7 Å². The second kappa shape index (κ2) is 7.67. The molecule has 2 amide bonds. The summed E-state index contributed by atoms with van der Waals surface area (Å²) in [5.41, 5.74) is 4.95. The number of hydrogen-bond donors (Lipinski definition) is 2. The number of nitrogens with zero attached hydrogens (tertiary/aromatic N) is 1. The van der Waals surface area contributed by atoms with Crippen LogP contribution >= 0.6 is 0 Å². The zero-order valence-corrected chi connectivity index (χ0v) is 14.5. The van der Waals surface area contributed by atoms with Gasteiger partial charge in [-0.15, -0.1) is 0 Å². The van der Waals surface area contributed by atoms with Crippen LogP contribution in [0.2, 0.25) is 0 Å². The van der Waals surface area contributed by atoms with Crippen molar-refractivity contribution in [3.8, 4) is 0 Å². The summed E-state index contributed by atoms with van der Waals surface area (Å²) in [7, 11) is 0. The molecule has 0 aliphatic heterocycles. The Hall–Kier alpha value is -3.42. The molecule has 0 saturated carbocycles. The molecular weight excluding hydrogens is 371 g/mol. The van der Waals surface area contributed by atoms with Gasteiger partial charge in [0, 0.05) is 18.0 Å². The molecule has 0 aliphatic rings. The number of carbonyl (C=O) groups excluding carboxylic acids is 2. The smallest absolute Gasteiger partial charge is 0.368 e. The van der Waals surface area contributed by atoms with Gasteiger partial charge in [0.1, 0.15) is 6.04 Å². The van der Waals surface area contributed by atoms with Crippen LogP contribution in [0.5, 0.6) is 0 Å². The summed E-state index contributed by atoms with van der Waals surface area (Å²) >= 11 is 0. The Morgan fingerprint density at radius 3 is 2.46 bits per heavy atom. The average molecular weight is 387 g/mol. The number of halogens is 3. The Morgan fingerprint density at radius 2 is 1.75 bits per heavy atom. The van der Waals surface area contributed by atoms with Crippen LogP contribution in [-0.2, 0) is 17.4 Å². The monoisotopic (exact) mass is 387 g/mol. The van der Waals surface area contributed by atoms with Crippen molar-refractivity contribution < 1.29 is 22.8 Å². The maximum absolute atomic E-state index is 13.2. The van der Waals surface area contributed by atoms with Gasteiger partial charge in [-0.1, -0.05) is 36.4 Å². The first kappa shape index (κ1) is 19.3. The quantitative estimate of drug-likeness (QED) is 0.706. The number of nitrogens with one attached hydrogen (secondary N) is 1. The summed E-state index contributed by atoms with van der Waals surface area (Å²) < 4.78 is 39.6. The van der Waals surface area contributed by atoms with Gasteiger partial charge < -0.3 is 11.1 Å². The minimum atomic E-state index is -4.58. The highest BCUT2D eigenvalue weighted by atomic mass is 19.4. The number of fused-ring (bicyclic) bond motifs is 1. The van der Waals surface area contributed by atoms with Crippen LogP contribution in [0.15, 0.2) is 60.8 Å². The molecule has 0 spiro atoms. The van der Waals surface area contributed by atoms with E-state index in [-0.39, 0.29) is 17.5 Å². The summed E-state index contributed by atoms with van der Waals surface area (Å²) in [6, 6.07) is 12.0. The second-order valence-electron chi connectivity index (χ2n) is 6.17. The summed E-state index contributed by atoms with van der Waals surface area (Å²) in [6.07, 6.45) is -3.44. The Morgan fingerprint density at radius 1 is 1.04 bits per heavy atom. The number of benzene rings is 2. The lowest BCUT2D eigenvalue weighted by Crippen LogP contribution is -2.46. The third-order valence-corrected chi connectivity index (χ3v) is 4.27. The molecule has 1 heterocycles. The molecule has 144 valence electrons. The number of nitrogens with two attached hydrogens (primary N) is 1. The van der Waals surface area contributed by atoms with Crippen molar-refractivity contribution in [2.75, 3.05) is 0 Å². The molecule has 28 heavy (non-hydrogen) atoms. The zero-order chi connectivity index (χ0) is 20.3. The molecule has 1 aromatic heterocycles. The van der Waals surface area contributed by atoms with Crippen LogP contribution in [-0.4, -0.2) is 22.8 Å². The first-order valence-corrected chi connectivity index (χ1v) is 8.36. The summed E-state index contributed by atoms with van der Waals surface area (Å²) in [5, 5.41) is 3.15. The van der Waals surface area contributed by atoms with Crippen LogP contribution < -0.4 is 11.1 Å². The molecule has 0 bridgehead atoms. The number of aromatic nitrogens is 1. The number of primary amides is 1. The van der Waals surface area contributed by atoms with E-state index in [1.54, 1.807) is 24.3 Å². The number of para-hydroxylation sites is 1. The average Bonchev–Trinajstić information content (AvgIpc) is 2.66. The molecule has 0 unspecified atom stereocenters. The van der Waals surface area contributed by atoms with Crippen molar-refractivity contribution in [2.24, 2.45) is 5.73 Å². The van der Waals surface area contributed by atoms with Crippen LogP contribution in [0, 0.1) is 0 Å². The zero-order valence-electron chi connectivity index (χ0n) is 14.5. The Labute approximate surface area is 158 Å². The molecule has 8 heteroatoms. The minimum absolute atomic E-state index is 0.129. The first-order chi connectivity index (χ1) is 13.3. The van der Waals surface area contributed by atoms with Gasteiger partial charge in [0.2, 0.25) is 5.91 Å². The highest BCUT2D eigenvalue weighted by Crippen LogP contribution is 2.32. The van der Waals surface area contributed by atoms with Crippen molar-refractivity contribution in [1.82, 2.24) is 10.3 Å². The van der Waals surface area contributed by atoms with Gasteiger partial charge in [-0.05, 0) is 23.8 Å². The van der Waals surface area contributed by atoms with Gasteiger partial charge in [-0.2, -0.15) is 13.2 Å². The van der Waals surface area contributed by atoms with Crippen LogP contribution in [0.4, 0.5) is 13.2 Å². The van der Waals surface area contributed by atoms with E-state index < -0.39 is 29.6 Å². The van der Waals surface area contributed by atoms with Gasteiger partial charge >= 0.3 is 6.18 Å². The summed E-state index contributed by atoms with van der Waals surface area (Å²) in [5.74, 6) is -1.57. The third-order valence-electron chi connectivity index (χ3n) is 4.27. The number of carbonyl (C=O) groups is 2. The molecule has 3 aromatic rings. The van der Waals surface area contributed by atoms with Crippen LogP contribution in [0.1, 0.15) is 21.5 Å². The van der Waals surface area contributed by atoms with Gasteiger partial charge in [0.25, 0.3) is 5.91 Å². The van der Waals surface area contributed by atoms with E-state index in [4.69, 9.17) is 5.73 Å². The molecular formula is C20H16F3N3O2. The van der Waals surface area contributed by atoms with Crippen molar-refractivity contribution in [3.63, 3.8) is 0 Å². The Bertz CT molecular complexity index is 1030. The van der Waals surface area contributed by atoms with E-state index in [0.717, 1.165) is 6.07 Å². The third kappa shape index (κ3) is 4.11. The van der Waals surface area contributed by atoms with Crippen molar-refractivity contribution in [1.29, 1.82) is 0 Å². The fraction of sp³-hybridized carbons (Fsp3) is 0.150. The first-order valence-electron chi connectivity index (χ1n) is 8.36. The number of alkyl halides is 3.